The summed E-state index contributed by atoms with van der Waals surface area (Å²) in [5.41, 5.74) is 1.23. The van der Waals surface area contributed by atoms with E-state index in [1.807, 2.05) is 35.2 Å². The summed E-state index contributed by atoms with van der Waals surface area (Å²) in [4.78, 5) is 25.1. The number of piperidine rings is 1. The summed E-state index contributed by atoms with van der Waals surface area (Å²) in [5.74, 6) is -0.826. The van der Waals surface area contributed by atoms with Gasteiger partial charge in [0.2, 0.25) is 5.91 Å². The van der Waals surface area contributed by atoms with Crippen LogP contribution < -0.4 is 0 Å². The zero-order valence-electron chi connectivity index (χ0n) is 12.8. The molecule has 0 bridgehead atoms. The van der Waals surface area contributed by atoms with Crippen molar-refractivity contribution in [3.63, 3.8) is 0 Å². The number of carboxylic acid groups (broad SMARTS) is 1. The minimum atomic E-state index is -0.966. The second-order valence-electron chi connectivity index (χ2n) is 5.79. The molecule has 1 aromatic carbocycles. The molecule has 3 rings (SSSR count). The van der Waals surface area contributed by atoms with Crippen molar-refractivity contribution < 1.29 is 14.7 Å². The Labute approximate surface area is 134 Å². The summed E-state index contributed by atoms with van der Waals surface area (Å²) in [6.45, 7) is 1.36. The molecule has 23 heavy (non-hydrogen) atoms. The van der Waals surface area contributed by atoms with Crippen LogP contribution >= 0.6 is 0 Å². The Morgan fingerprint density at radius 2 is 1.87 bits per heavy atom. The summed E-state index contributed by atoms with van der Waals surface area (Å²) in [6, 6.07) is 9.89. The maximum atomic E-state index is 12.3. The van der Waals surface area contributed by atoms with Gasteiger partial charge >= 0.3 is 5.97 Å². The smallest absolute Gasteiger partial charge is 0.338 e. The van der Waals surface area contributed by atoms with Crippen LogP contribution in [-0.4, -0.2) is 44.8 Å². The molecule has 0 unspecified atom stereocenters. The van der Waals surface area contributed by atoms with Gasteiger partial charge in [0.1, 0.15) is 0 Å². The number of hydrogen-bond acceptors (Lipinski definition) is 3. The maximum Gasteiger partial charge on any atom is 0.338 e. The highest BCUT2D eigenvalue weighted by Gasteiger charge is 2.24. The lowest BCUT2D eigenvalue weighted by Crippen LogP contribution is -2.39. The van der Waals surface area contributed by atoms with E-state index in [0.29, 0.717) is 19.5 Å². The molecule has 1 saturated heterocycles. The van der Waals surface area contributed by atoms with E-state index in [-0.39, 0.29) is 17.5 Å². The number of hydrogen-bond donors (Lipinski definition) is 1. The van der Waals surface area contributed by atoms with Gasteiger partial charge in [-0.1, -0.05) is 30.3 Å². The van der Waals surface area contributed by atoms with Crippen LogP contribution in [0.25, 0.3) is 0 Å². The lowest BCUT2D eigenvalue weighted by molar-refractivity contribution is -0.131. The molecule has 1 N–H and O–H groups in total. The van der Waals surface area contributed by atoms with E-state index in [0.717, 1.165) is 18.4 Å². The van der Waals surface area contributed by atoms with Gasteiger partial charge in [-0.2, -0.15) is 5.10 Å². The molecule has 0 spiro atoms. The monoisotopic (exact) mass is 313 g/mol. The molecule has 1 aliphatic rings. The van der Waals surface area contributed by atoms with Crippen molar-refractivity contribution in [2.75, 3.05) is 13.1 Å². The zero-order valence-corrected chi connectivity index (χ0v) is 12.8. The highest BCUT2D eigenvalue weighted by atomic mass is 16.4. The lowest BCUT2D eigenvalue weighted by Gasteiger charge is -2.32. The molecule has 2 heterocycles. The van der Waals surface area contributed by atoms with Crippen LogP contribution in [0.4, 0.5) is 0 Å². The molecule has 1 fully saturated rings. The number of amides is 1. The van der Waals surface area contributed by atoms with Crippen molar-refractivity contribution >= 4 is 11.9 Å². The quantitative estimate of drug-likeness (QED) is 0.936. The molecular formula is C17H19N3O3. The summed E-state index contributed by atoms with van der Waals surface area (Å²) < 4.78 is 1.71. The van der Waals surface area contributed by atoms with Gasteiger partial charge < -0.3 is 10.0 Å². The standard InChI is InChI=1S/C17H19N3O3/c21-16(10-13-4-2-1-3-5-13)19-8-6-15(7-9-19)20-12-14(11-18-20)17(22)23/h1-5,11-12,15H,6-10H2,(H,22,23). The molecular weight excluding hydrogens is 294 g/mol. The average Bonchev–Trinajstić information content (AvgIpc) is 3.06. The van der Waals surface area contributed by atoms with Crippen LogP contribution in [0, 0.1) is 0 Å². The fraction of sp³-hybridized carbons (Fsp3) is 0.353. The topological polar surface area (TPSA) is 75.4 Å². The van der Waals surface area contributed by atoms with Gasteiger partial charge in [-0.15, -0.1) is 0 Å². The molecule has 2 aromatic rings. The maximum absolute atomic E-state index is 12.3. The molecule has 120 valence electrons. The second kappa shape index (κ2) is 6.64. The highest BCUT2D eigenvalue weighted by Crippen LogP contribution is 2.22. The highest BCUT2D eigenvalue weighted by molar-refractivity contribution is 5.86. The van der Waals surface area contributed by atoms with E-state index in [4.69, 9.17) is 5.11 Å². The number of nitrogens with zero attached hydrogens (tertiary/aromatic N) is 3. The fourth-order valence-electron chi connectivity index (χ4n) is 2.91. The molecule has 0 radical (unpaired) electrons. The normalized spacial score (nSPS) is 15.6. The summed E-state index contributed by atoms with van der Waals surface area (Å²) >= 11 is 0. The number of carboxylic acids is 1. The van der Waals surface area contributed by atoms with E-state index in [9.17, 15) is 9.59 Å². The van der Waals surface area contributed by atoms with Crippen molar-refractivity contribution in [1.82, 2.24) is 14.7 Å². The first-order chi connectivity index (χ1) is 11.1. The van der Waals surface area contributed by atoms with Gasteiger partial charge in [0.05, 0.1) is 24.2 Å². The van der Waals surface area contributed by atoms with Crippen molar-refractivity contribution in [1.29, 1.82) is 0 Å². The SMILES string of the molecule is O=C(O)c1cnn(C2CCN(C(=O)Cc3ccccc3)CC2)c1. The Bertz CT molecular complexity index is 688. The molecule has 6 heteroatoms. The van der Waals surface area contributed by atoms with E-state index in [1.165, 1.54) is 6.20 Å². The third kappa shape index (κ3) is 3.59. The largest absolute Gasteiger partial charge is 0.478 e. The molecule has 1 amide bonds. The first-order valence-corrected chi connectivity index (χ1v) is 7.72. The van der Waals surface area contributed by atoms with Crippen LogP contribution in [0.3, 0.4) is 0 Å². The molecule has 0 aliphatic carbocycles. The fourth-order valence-corrected chi connectivity index (χ4v) is 2.91. The number of likely N-dealkylation sites (tertiary alicyclic amines) is 1. The van der Waals surface area contributed by atoms with E-state index >= 15 is 0 Å². The molecule has 1 aliphatic heterocycles. The number of benzene rings is 1. The molecule has 0 atom stereocenters. The van der Waals surface area contributed by atoms with Crippen LogP contribution in [0.15, 0.2) is 42.7 Å². The number of carbonyl (C=O) groups excluding carboxylic acids is 1. The Morgan fingerprint density at radius 3 is 2.48 bits per heavy atom. The van der Waals surface area contributed by atoms with Crippen molar-refractivity contribution in [3.05, 3.63) is 53.9 Å². The molecule has 6 nitrogen and oxygen atoms in total. The average molecular weight is 313 g/mol. The number of rotatable bonds is 4. The number of carbonyl (C=O) groups is 2. The van der Waals surface area contributed by atoms with Crippen molar-refractivity contribution in [3.8, 4) is 0 Å². The van der Waals surface area contributed by atoms with Crippen LogP contribution in [0.2, 0.25) is 0 Å². The van der Waals surface area contributed by atoms with Gasteiger partial charge in [-0.05, 0) is 18.4 Å². The third-order valence-corrected chi connectivity index (χ3v) is 4.24. The van der Waals surface area contributed by atoms with E-state index < -0.39 is 5.97 Å². The summed E-state index contributed by atoms with van der Waals surface area (Å²) in [5, 5.41) is 13.1. The Hall–Kier alpha value is -2.63. The van der Waals surface area contributed by atoms with Gasteiger partial charge in [0.25, 0.3) is 0 Å². The lowest BCUT2D eigenvalue weighted by atomic mass is 10.0. The van der Waals surface area contributed by atoms with E-state index in [1.54, 1.807) is 10.9 Å². The van der Waals surface area contributed by atoms with Gasteiger partial charge in [-0.3, -0.25) is 9.48 Å². The van der Waals surface area contributed by atoms with Crippen LogP contribution in [0.5, 0.6) is 0 Å². The third-order valence-electron chi connectivity index (χ3n) is 4.24. The first kappa shape index (κ1) is 15.3. The minimum absolute atomic E-state index is 0.140. The van der Waals surface area contributed by atoms with Crippen molar-refractivity contribution in [2.45, 2.75) is 25.3 Å². The van der Waals surface area contributed by atoms with E-state index in [2.05, 4.69) is 5.10 Å². The van der Waals surface area contributed by atoms with Gasteiger partial charge in [0, 0.05) is 19.3 Å². The number of aromatic carboxylic acids is 1. The minimum Gasteiger partial charge on any atom is -0.478 e. The second-order valence-corrected chi connectivity index (χ2v) is 5.79. The Balaban J connectivity index is 1.55. The molecule has 0 saturated carbocycles. The predicted molar refractivity (Wildman–Crippen MR) is 84.2 cm³/mol. The Morgan fingerprint density at radius 1 is 1.17 bits per heavy atom. The Kier molecular flexibility index (Phi) is 4.41. The molecule has 1 aromatic heterocycles. The predicted octanol–water partition coefficient (Wildman–Crippen LogP) is 1.99. The first-order valence-electron chi connectivity index (χ1n) is 7.72. The summed E-state index contributed by atoms with van der Waals surface area (Å²) in [7, 11) is 0. The number of aromatic nitrogens is 2. The van der Waals surface area contributed by atoms with Crippen molar-refractivity contribution in [2.24, 2.45) is 0 Å². The van der Waals surface area contributed by atoms with Crippen LogP contribution in [-0.2, 0) is 11.2 Å². The van der Waals surface area contributed by atoms with Crippen LogP contribution in [0.1, 0.15) is 34.8 Å². The van der Waals surface area contributed by atoms with Gasteiger partial charge in [-0.25, -0.2) is 4.79 Å². The zero-order chi connectivity index (χ0) is 16.2. The van der Waals surface area contributed by atoms with Gasteiger partial charge in [0.15, 0.2) is 0 Å². The summed E-state index contributed by atoms with van der Waals surface area (Å²) in [6.07, 6.45) is 4.95.